The highest BCUT2D eigenvalue weighted by atomic mass is 16.5. The van der Waals surface area contributed by atoms with E-state index in [0.717, 1.165) is 30.9 Å². The number of hydrogen-bond acceptors (Lipinski definition) is 2. The van der Waals surface area contributed by atoms with E-state index in [2.05, 4.69) is 63.4 Å². The quantitative estimate of drug-likeness (QED) is 0.313. The van der Waals surface area contributed by atoms with Gasteiger partial charge in [0.1, 0.15) is 5.75 Å². The molecule has 28 heavy (non-hydrogen) atoms. The van der Waals surface area contributed by atoms with Gasteiger partial charge in [-0.25, -0.2) is 0 Å². The maximum atomic E-state index is 5.90. The molecule has 0 aliphatic rings. The summed E-state index contributed by atoms with van der Waals surface area (Å²) >= 11 is 0. The molecule has 2 aromatic rings. The molecule has 1 atom stereocenters. The monoisotopic (exact) mass is 381 g/mol. The highest BCUT2D eigenvalue weighted by Crippen LogP contribution is 2.25. The summed E-state index contributed by atoms with van der Waals surface area (Å²) in [5, 5.41) is 0. The fourth-order valence-corrected chi connectivity index (χ4v) is 3.51. The third-order valence-corrected chi connectivity index (χ3v) is 5.51. The third kappa shape index (κ3) is 8.04. The fraction of sp³-hybridized carbons (Fsp3) is 0.577. The van der Waals surface area contributed by atoms with E-state index in [1.165, 1.54) is 62.5 Å². The number of aromatic nitrogens is 1. The Kier molecular flexibility index (Phi) is 10.7. The maximum Gasteiger partial charge on any atom is 0.119 e. The Hall–Kier alpha value is -1.83. The van der Waals surface area contributed by atoms with Crippen molar-refractivity contribution in [2.45, 2.75) is 90.9 Å². The molecule has 1 aromatic heterocycles. The SMILES string of the molecule is CCCCCCCCOc1ccc(C(C)c2ccc(CCCCC)cn2)cc1. The van der Waals surface area contributed by atoms with Crippen LogP contribution in [0.15, 0.2) is 42.6 Å². The van der Waals surface area contributed by atoms with Gasteiger partial charge in [0.05, 0.1) is 6.61 Å². The van der Waals surface area contributed by atoms with E-state index in [1.807, 2.05) is 0 Å². The van der Waals surface area contributed by atoms with E-state index >= 15 is 0 Å². The van der Waals surface area contributed by atoms with Crippen molar-refractivity contribution in [1.82, 2.24) is 4.98 Å². The average Bonchev–Trinajstić information content (AvgIpc) is 2.74. The second kappa shape index (κ2) is 13.4. The topological polar surface area (TPSA) is 22.1 Å². The van der Waals surface area contributed by atoms with Crippen molar-refractivity contribution in [3.05, 3.63) is 59.4 Å². The third-order valence-electron chi connectivity index (χ3n) is 5.51. The molecule has 0 N–H and O–H groups in total. The Bertz CT molecular complexity index is 632. The lowest BCUT2D eigenvalue weighted by Gasteiger charge is -2.13. The van der Waals surface area contributed by atoms with Gasteiger partial charge >= 0.3 is 0 Å². The van der Waals surface area contributed by atoms with Crippen molar-refractivity contribution in [1.29, 1.82) is 0 Å². The van der Waals surface area contributed by atoms with Gasteiger partial charge in [0.2, 0.25) is 0 Å². The van der Waals surface area contributed by atoms with E-state index in [-0.39, 0.29) is 0 Å². The van der Waals surface area contributed by atoms with Crippen molar-refractivity contribution in [3.8, 4) is 5.75 Å². The number of hydrogen-bond donors (Lipinski definition) is 0. The molecule has 1 unspecified atom stereocenters. The van der Waals surface area contributed by atoms with Crippen molar-refractivity contribution < 1.29 is 4.74 Å². The summed E-state index contributed by atoms with van der Waals surface area (Å²) in [7, 11) is 0. The molecule has 2 heteroatoms. The van der Waals surface area contributed by atoms with E-state index in [4.69, 9.17) is 9.72 Å². The molecule has 0 saturated carbocycles. The zero-order valence-electron chi connectivity index (χ0n) is 18.3. The van der Waals surface area contributed by atoms with Crippen LogP contribution < -0.4 is 4.74 Å². The van der Waals surface area contributed by atoms with Gasteiger partial charge in [-0.05, 0) is 48.6 Å². The molecule has 0 bridgehead atoms. The lowest BCUT2D eigenvalue weighted by atomic mass is 9.96. The maximum absolute atomic E-state index is 5.90. The summed E-state index contributed by atoms with van der Waals surface area (Å²) in [5.41, 5.74) is 3.78. The summed E-state index contributed by atoms with van der Waals surface area (Å²) in [6.45, 7) is 7.55. The Morgan fingerprint density at radius 3 is 2.14 bits per heavy atom. The van der Waals surface area contributed by atoms with Crippen molar-refractivity contribution in [3.63, 3.8) is 0 Å². The standard InChI is InChI=1S/C26H39NO/c1-4-6-8-9-10-12-20-28-25-17-15-24(16-18-25)22(3)26-19-14-23(21-27-26)13-11-7-5-2/h14-19,21-22H,4-13,20H2,1-3H3. The van der Waals surface area contributed by atoms with Gasteiger partial charge in [-0.2, -0.15) is 0 Å². The number of unbranched alkanes of at least 4 members (excludes halogenated alkanes) is 7. The van der Waals surface area contributed by atoms with E-state index < -0.39 is 0 Å². The van der Waals surface area contributed by atoms with E-state index in [9.17, 15) is 0 Å². The van der Waals surface area contributed by atoms with Gasteiger partial charge in [-0.3, -0.25) is 4.98 Å². The number of benzene rings is 1. The number of nitrogens with zero attached hydrogens (tertiary/aromatic N) is 1. The van der Waals surface area contributed by atoms with Crippen LogP contribution in [-0.4, -0.2) is 11.6 Å². The molecule has 154 valence electrons. The first kappa shape index (κ1) is 22.5. The predicted octanol–water partition coefficient (Wildman–Crippen LogP) is 7.71. The van der Waals surface area contributed by atoms with Crippen LogP contribution in [0.1, 0.15) is 101 Å². The molecule has 1 heterocycles. The Labute approximate surface area is 172 Å². The Morgan fingerprint density at radius 1 is 0.786 bits per heavy atom. The molecular weight excluding hydrogens is 342 g/mol. The highest BCUT2D eigenvalue weighted by molar-refractivity contribution is 5.33. The number of pyridine rings is 1. The predicted molar refractivity (Wildman–Crippen MR) is 120 cm³/mol. The molecule has 0 radical (unpaired) electrons. The minimum atomic E-state index is 0.303. The first-order valence-corrected chi connectivity index (χ1v) is 11.4. The molecule has 2 nitrogen and oxygen atoms in total. The summed E-state index contributed by atoms with van der Waals surface area (Å²) in [4.78, 5) is 4.72. The van der Waals surface area contributed by atoms with Crippen LogP contribution in [0.3, 0.4) is 0 Å². The summed E-state index contributed by atoms with van der Waals surface area (Å²) in [6.07, 6.45) is 14.8. The summed E-state index contributed by atoms with van der Waals surface area (Å²) in [6, 6.07) is 13.0. The fourth-order valence-electron chi connectivity index (χ4n) is 3.51. The van der Waals surface area contributed by atoms with Crippen LogP contribution in [0.5, 0.6) is 5.75 Å². The average molecular weight is 382 g/mol. The van der Waals surface area contributed by atoms with E-state index in [0.29, 0.717) is 5.92 Å². The van der Waals surface area contributed by atoms with Crippen LogP contribution in [0, 0.1) is 0 Å². The first-order valence-electron chi connectivity index (χ1n) is 11.4. The zero-order valence-corrected chi connectivity index (χ0v) is 18.3. The Balaban J connectivity index is 1.77. The van der Waals surface area contributed by atoms with Crippen LogP contribution >= 0.6 is 0 Å². The highest BCUT2D eigenvalue weighted by Gasteiger charge is 2.10. The molecule has 0 fully saturated rings. The lowest BCUT2D eigenvalue weighted by molar-refractivity contribution is 0.304. The largest absolute Gasteiger partial charge is 0.494 e. The molecule has 0 aliphatic carbocycles. The minimum Gasteiger partial charge on any atom is -0.494 e. The Morgan fingerprint density at radius 2 is 1.46 bits per heavy atom. The molecule has 0 saturated heterocycles. The molecular formula is C26H39NO. The van der Waals surface area contributed by atoms with Gasteiger partial charge in [0.15, 0.2) is 0 Å². The number of aryl methyl sites for hydroxylation is 1. The summed E-state index contributed by atoms with van der Waals surface area (Å²) in [5.74, 6) is 1.28. The second-order valence-electron chi connectivity index (χ2n) is 7.96. The minimum absolute atomic E-state index is 0.303. The van der Waals surface area contributed by atoms with Gasteiger partial charge in [-0.15, -0.1) is 0 Å². The molecule has 0 amide bonds. The van der Waals surface area contributed by atoms with Gasteiger partial charge in [0, 0.05) is 17.8 Å². The van der Waals surface area contributed by atoms with Gasteiger partial charge in [-0.1, -0.05) is 83.9 Å². The smallest absolute Gasteiger partial charge is 0.119 e. The van der Waals surface area contributed by atoms with Crippen molar-refractivity contribution in [2.75, 3.05) is 6.61 Å². The van der Waals surface area contributed by atoms with Crippen LogP contribution in [0.4, 0.5) is 0 Å². The molecule has 0 spiro atoms. The number of rotatable bonds is 14. The lowest BCUT2D eigenvalue weighted by Crippen LogP contribution is -2.01. The van der Waals surface area contributed by atoms with Crippen molar-refractivity contribution >= 4 is 0 Å². The van der Waals surface area contributed by atoms with Gasteiger partial charge < -0.3 is 4.74 Å². The van der Waals surface area contributed by atoms with Crippen LogP contribution in [0.2, 0.25) is 0 Å². The molecule has 1 aromatic carbocycles. The van der Waals surface area contributed by atoms with Gasteiger partial charge in [0.25, 0.3) is 0 Å². The summed E-state index contributed by atoms with van der Waals surface area (Å²) < 4.78 is 5.90. The second-order valence-corrected chi connectivity index (χ2v) is 7.96. The van der Waals surface area contributed by atoms with Crippen LogP contribution in [0.25, 0.3) is 0 Å². The normalized spacial score (nSPS) is 12.1. The number of ether oxygens (including phenoxy) is 1. The van der Waals surface area contributed by atoms with E-state index in [1.54, 1.807) is 0 Å². The molecule has 0 aliphatic heterocycles. The van der Waals surface area contributed by atoms with Crippen LogP contribution in [-0.2, 0) is 6.42 Å². The zero-order chi connectivity index (χ0) is 20.0. The molecule has 2 rings (SSSR count). The first-order chi connectivity index (χ1) is 13.7. The van der Waals surface area contributed by atoms with Crippen molar-refractivity contribution in [2.24, 2.45) is 0 Å².